The molecule has 5 rings (SSSR count). The SMILES string of the molecule is O=C(CSC12CC3CC(CC(C3)C1)C2)NC(=O)NCc1cccs1. The molecule has 24 heavy (non-hydrogen) atoms. The summed E-state index contributed by atoms with van der Waals surface area (Å²) in [5, 5.41) is 7.18. The Balaban J connectivity index is 1.23. The Morgan fingerprint density at radius 1 is 1.17 bits per heavy atom. The van der Waals surface area contributed by atoms with Gasteiger partial charge >= 0.3 is 6.03 Å². The first-order chi connectivity index (χ1) is 11.6. The van der Waals surface area contributed by atoms with E-state index in [0.29, 0.717) is 17.0 Å². The Morgan fingerprint density at radius 2 is 1.83 bits per heavy atom. The summed E-state index contributed by atoms with van der Waals surface area (Å²) in [5.74, 6) is 2.90. The second kappa shape index (κ2) is 6.71. The molecule has 4 aliphatic carbocycles. The molecule has 0 saturated heterocycles. The van der Waals surface area contributed by atoms with Gasteiger partial charge in [0.05, 0.1) is 12.3 Å². The van der Waals surface area contributed by atoms with Gasteiger partial charge in [0, 0.05) is 9.62 Å². The molecule has 0 aromatic carbocycles. The van der Waals surface area contributed by atoms with Crippen molar-refractivity contribution in [1.29, 1.82) is 0 Å². The molecule has 130 valence electrons. The predicted molar refractivity (Wildman–Crippen MR) is 98.1 cm³/mol. The topological polar surface area (TPSA) is 58.2 Å². The molecule has 4 bridgehead atoms. The molecule has 4 aliphatic rings. The van der Waals surface area contributed by atoms with E-state index >= 15 is 0 Å². The van der Waals surface area contributed by atoms with Crippen molar-refractivity contribution in [2.45, 2.75) is 49.8 Å². The molecule has 1 aromatic rings. The van der Waals surface area contributed by atoms with Crippen molar-refractivity contribution in [2.24, 2.45) is 17.8 Å². The van der Waals surface area contributed by atoms with Crippen LogP contribution in [0.5, 0.6) is 0 Å². The number of amides is 3. The summed E-state index contributed by atoms with van der Waals surface area (Å²) in [5.41, 5.74) is 0. The van der Waals surface area contributed by atoms with Gasteiger partial charge in [0.25, 0.3) is 0 Å². The third-order valence-corrected chi connectivity index (χ3v) is 8.14. The van der Waals surface area contributed by atoms with E-state index in [4.69, 9.17) is 0 Å². The maximum Gasteiger partial charge on any atom is 0.321 e. The molecular weight excluding hydrogens is 340 g/mol. The van der Waals surface area contributed by atoms with Crippen molar-refractivity contribution < 1.29 is 9.59 Å². The second-order valence-electron chi connectivity index (χ2n) is 7.70. The summed E-state index contributed by atoms with van der Waals surface area (Å²) < 4.78 is 0.319. The van der Waals surface area contributed by atoms with Crippen molar-refractivity contribution in [3.63, 3.8) is 0 Å². The number of hydrogen-bond acceptors (Lipinski definition) is 4. The van der Waals surface area contributed by atoms with Crippen LogP contribution in [-0.2, 0) is 11.3 Å². The first-order valence-corrected chi connectivity index (χ1v) is 10.7. The maximum absolute atomic E-state index is 12.1. The molecule has 1 aromatic heterocycles. The molecule has 4 saturated carbocycles. The van der Waals surface area contributed by atoms with E-state index in [0.717, 1.165) is 22.6 Å². The molecule has 3 amide bonds. The number of nitrogens with one attached hydrogen (secondary N) is 2. The van der Waals surface area contributed by atoms with Crippen LogP contribution in [0.4, 0.5) is 4.79 Å². The summed E-state index contributed by atoms with van der Waals surface area (Å²) in [6, 6.07) is 3.53. The van der Waals surface area contributed by atoms with Gasteiger partial charge in [-0.15, -0.1) is 23.1 Å². The van der Waals surface area contributed by atoms with Gasteiger partial charge in [0.2, 0.25) is 5.91 Å². The number of rotatable bonds is 5. The van der Waals surface area contributed by atoms with Crippen LogP contribution >= 0.6 is 23.1 Å². The van der Waals surface area contributed by atoms with E-state index in [1.807, 2.05) is 29.3 Å². The lowest BCUT2D eigenvalue weighted by molar-refractivity contribution is -0.117. The van der Waals surface area contributed by atoms with Crippen molar-refractivity contribution in [3.05, 3.63) is 22.4 Å². The molecule has 2 N–H and O–H groups in total. The largest absolute Gasteiger partial charge is 0.333 e. The molecule has 4 fully saturated rings. The number of imide groups is 1. The van der Waals surface area contributed by atoms with Crippen LogP contribution < -0.4 is 10.6 Å². The fourth-order valence-electron chi connectivity index (χ4n) is 5.21. The molecule has 6 heteroatoms. The zero-order chi connectivity index (χ0) is 16.6. The van der Waals surface area contributed by atoms with Crippen LogP contribution in [-0.4, -0.2) is 22.4 Å². The number of thioether (sulfide) groups is 1. The third-order valence-electron chi connectivity index (χ3n) is 5.75. The molecule has 0 atom stereocenters. The highest BCUT2D eigenvalue weighted by molar-refractivity contribution is 8.01. The molecule has 4 nitrogen and oxygen atoms in total. The van der Waals surface area contributed by atoms with E-state index in [1.165, 1.54) is 38.5 Å². The van der Waals surface area contributed by atoms with Crippen molar-refractivity contribution in [3.8, 4) is 0 Å². The monoisotopic (exact) mass is 364 g/mol. The van der Waals surface area contributed by atoms with E-state index in [1.54, 1.807) is 11.3 Å². The molecule has 0 unspecified atom stereocenters. The summed E-state index contributed by atoms with van der Waals surface area (Å²) in [6.07, 6.45) is 8.08. The van der Waals surface area contributed by atoms with Crippen molar-refractivity contribution >= 4 is 35.0 Å². The smallest absolute Gasteiger partial charge is 0.321 e. The number of urea groups is 1. The third kappa shape index (κ3) is 3.64. The van der Waals surface area contributed by atoms with E-state index in [-0.39, 0.29) is 11.9 Å². The van der Waals surface area contributed by atoms with Crippen molar-refractivity contribution in [1.82, 2.24) is 10.6 Å². The van der Waals surface area contributed by atoms with Gasteiger partial charge in [-0.2, -0.15) is 0 Å². The Morgan fingerprint density at radius 3 is 2.42 bits per heavy atom. The van der Waals surface area contributed by atoms with Gasteiger partial charge in [0.15, 0.2) is 0 Å². The van der Waals surface area contributed by atoms with E-state index in [9.17, 15) is 9.59 Å². The highest BCUT2D eigenvalue weighted by Gasteiger charge is 2.51. The van der Waals surface area contributed by atoms with Gasteiger partial charge in [0.1, 0.15) is 0 Å². The van der Waals surface area contributed by atoms with Crippen LogP contribution in [0, 0.1) is 17.8 Å². The van der Waals surface area contributed by atoms with Crippen LogP contribution in [0.2, 0.25) is 0 Å². The highest BCUT2D eigenvalue weighted by Crippen LogP contribution is 2.60. The summed E-state index contributed by atoms with van der Waals surface area (Å²) >= 11 is 3.40. The first-order valence-electron chi connectivity index (χ1n) is 8.84. The molecule has 0 radical (unpaired) electrons. The molecular formula is C18H24N2O2S2. The van der Waals surface area contributed by atoms with Crippen LogP contribution in [0.25, 0.3) is 0 Å². The zero-order valence-corrected chi connectivity index (χ0v) is 15.4. The summed E-state index contributed by atoms with van der Waals surface area (Å²) in [4.78, 5) is 25.0. The minimum Gasteiger partial charge on any atom is -0.333 e. The number of hydrogen-bond donors (Lipinski definition) is 2. The average molecular weight is 365 g/mol. The number of thiophene rings is 1. The lowest BCUT2D eigenvalue weighted by atomic mass is 9.56. The van der Waals surface area contributed by atoms with E-state index < -0.39 is 0 Å². The first kappa shape index (κ1) is 16.5. The lowest BCUT2D eigenvalue weighted by Gasteiger charge is -2.56. The minimum absolute atomic E-state index is 0.167. The zero-order valence-electron chi connectivity index (χ0n) is 13.8. The summed E-state index contributed by atoms with van der Waals surface area (Å²) in [6.45, 7) is 0.471. The maximum atomic E-state index is 12.1. The Kier molecular flexibility index (Phi) is 4.60. The quantitative estimate of drug-likeness (QED) is 0.836. The fourth-order valence-corrected chi connectivity index (χ4v) is 7.43. The Bertz CT molecular complexity index is 579. The number of carbonyl (C=O) groups is 2. The molecule has 0 spiro atoms. The fraction of sp³-hybridized carbons (Fsp3) is 0.667. The summed E-state index contributed by atoms with van der Waals surface area (Å²) in [7, 11) is 0. The van der Waals surface area contributed by atoms with Gasteiger partial charge in [-0.1, -0.05) is 6.07 Å². The van der Waals surface area contributed by atoms with Gasteiger partial charge in [-0.25, -0.2) is 4.79 Å². The lowest BCUT2D eigenvalue weighted by Crippen LogP contribution is -2.49. The number of carbonyl (C=O) groups excluding carboxylic acids is 2. The standard InChI is InChI=1S/C18H24N2O2S2/c21-16(20-17(22)19-10-15-2-1-3-23-15)11-24-18-7-12-4-13(8-18)6-14(5-12)9-18/h1-3,12-14H,4-11H2,(H2,19,20,21,22). The predicted octanol–water partition coefficient (Wildman–Crippen LogP) is 3.78. The minimum atomic E-state index is -0.389. The normalized spacial score (nSPS) is 33.4. The molecule has 1 heterocycles. The van der Waals surface area contributed by atoms with Crippen LogP contribution in [0.15, 0.2) is 17.5 Å². The Hall–Kier alpha value is -1.01. The van der Waals surface area contributed by atoms with Gasteiger partial charge < -0.3 is 5.32 Å². The van der Waals surface area contributed by atoms with Crippen LogP contribution in [0.3, 0.4) is 0 Å². The van der Waals surface area contributed by atoms with Gasteiger partial charge in [-0.05, 0) is 67.7 Å². The van der Waals surface area contributed by atoms with Gasteiger partial charge in [-0.3, -0.25) is 10.1 Å². The van der Waals surface area contributed by atoms with Crippen LogP contribution in [0.1, 0.15) is 43.4 Å². The highest BCUT2D eigenvalue weighted by atomic mass is 32.2. The van der Waals surface area contributed by atoms with E-state index in [2.05, 4.69) is 10.6 Å². The van der Waals surface area contributed by atoms with Crippen molar-refractivity contribution in [2.75, 3.05) is 5.75 Å². The second-order valence-corrected chi connectivity index (χ2v) is 10.2. The average Bonchev–Trinajstić information content (AvgIpc) is 3.03. The Labute approximate surface area is 151 Å². The molecule has 0 aliphatic heterocycles.